The number of rotatable bonds is 5. The van der Waals surface area contributed by atoms with Crippen molar-refractivity contribution in [3.8, 4) is 23.0 Å². The third-order valence-electron chi connectivity index (χ3n) is 3.01. The van der Waals surface area contributed by atoms with Crippen LogP contribution in [0.5, 0.6) is 23.0 Å². The van der Waals surface area contributed by atoms with Crippen LogP contribution in [0.4, 0.5) is 10.5 Å². The highest BCUT2D eigenvalue weighted by Crippen LogP contribution is 2.28. The standard InChI is InChI=1S/C16H15NO7/c1-22-10-6-11(23-2)8-12(7-10)24-16(21)17-9-3-4-13(15(19)20)14(18)5-9/h3-8,18H,1-2H3,(H,17,21)(H,19,20). The van der Waals surface area contributed by atoms with Crippen LogP contribution in [0.2, 0.25) is 0 Å². The molecule has 0 atom stereocenters. The minimum Gasteiger partial charge on any atom is -0.507 e. The number of nitrogens with one attached hydrogen (secondary N) is 1. The number of aromatic carboxylic acids is 1. The molecule has 24 heavy (non-hydrogen) atoms. The number of phenols is 1. The summed E-state index contributed by atoms with van der Waals surface area (Å²) in [5, 5.41) is 20.8. The Morgan fingerprint density at radius 3 is 2.04 bits per heavy atom. The van der Waals surface area contributed by atoms with Crippen molar-refractivity contribution in [2.75, 3.05) is 19.5 Å². The highest BCUT2D eigenvalue weighted by atomic mass is 16.6. The van der Waals surface area contributed by atoms with Crippen molar-refractivity contribution in [2.24, 2.45) is 0 Å². The molecule has 2 aromatic rings. The molecule has 0 aliphatic carbocycles. The Bertz CT molecular complexity index is 751. The lowest BCUT2D eigenvalue weighted by atomic mass is 10.2. The molecule has 3 N–H and O–H groups in total. The number of methoxy groups -OCH3 is 2. The third kappa shape index (κ3) is 4.07. The van der Waals surface area contributed by atoms with Gasteiger partial charge < -0.3 is 24.4 Å². The second-order valence-electron chi connectivity index (χ2n) is 4.60. The van der Waals surface area contributed by atoms with Gasteiger partial charge in [-0.1, -0.05) is 0 Å². The monoisotopic (exact) mass is 333 g/mol. The van der Waals surface area contributed by atoms with Gasteiger partial charge in [0.25, 0.3) is 0 Å². The summed E-state index contributed by atoms with van der Waals surface area (Å²) in [5.74, 6) is -0.662. The third-order valence-corrected chi connectivity index (χ3v) is 3.01. The van der Waals surface area contributed by atoms with Gasteiger partial charge >= 0.3 is 12.1 Å². The van der Waals surface area contributed by atoms with Crippen LogP contribution in [0, 0.1) is 0 Å². The van der Waals surface area contributed by atoms with E-state index in [4.69, 9.17) is 19.3 Å². The fourth-order valence-corrected chi connectivity index (χ4v) is 1.88. The van der Waals surface area contributed by atoms with Gasteiger partial charge in [-0.05, 0) is 12.1 Å². The smallest absolute Gasteiger partial charge is 0.417 e. The molecule has 0 aliphatic rings. The van der Waals surface area contributed by atoms with Crippen molar-refractivity contribution in [3.63, 3.8) is 0 Å². The molecule has 2 aromatic carbocycles. The zero-order valence-corrected chi connectivity index (χ0v) is 12.9. The van der Waals surface area contributed by atoms with Gasteiger partial charge in [-0.25, -0.2) is 9.59 Å². The summed E-state index contributed by atoms with van der Waals surface area (Å²) in [5.41, 5.74) is -0.0937. The number of benzene rings is 2. The predicted molar refractivity (Wildman–Crippen MR) is 84.3 cm³/mol. The van der Waals surface area contributed by atoms with Crippen LogP contribution in [0.3, 0.4) is 0 Å². The molecule has 0 bridgehead atoms. The number of carbonyl (C=O) groups is 2. The minimum absolute atomic E-state index is 0.178. The summed E-state index contributed by atoms with van der Waals surface area (Å²) in [6, 6.07) is 8.21. The Morgan fingerprint density at radius 2 is 1.54 bits per heavy atom. The molecular weight excluding hydrogens is 318 g/mol. The average Bonchev–Trinajstić information content (AvgIpc) is 2.53. The van der Waals surface area contributed by atoms with E-state index in [0.717, 1.165) is 6.07 Å². The van der Waals surface area contributed by atoms with Crippen molar-refractivity contribution in [1.82, 2.24) is 0 Å². The maximum atomic E-state index is 11.9. The van der Waals surface area contributed by atoms with Gasteiger partial charge in [0.2, 0.25) is 0 Å². The van der Waals surface area contributed by atoms with Gasteiger partial charge in [0.05, 0.1) is 14.2 Å². The van der Waals surface area contributed by atoms with Crippen LogP contribution in [0.15, 0.2) is 36.4 Å². The topological polar surface area (TPSA) is 114 Å². The number of ether oxygens (including phenoxy) is 3. The van der Waals surface area contributed by atoms with E-state index in [-0.39, 0.29) is 17.0 Å². The van der Waals surface area contributed by atoms with E-state index >= 15 is 0 Å². The number of carboxylic acids is 1. The largest absolute Gasteiger partial charge is 0.507 e. The molecule has 0 unspecified atom stereocenters. The Labute approximate surface area is 137 Å². The summed E-state index contributed by atoms with van der Waals surface area (Å²) < 4.78 is 15.2. The fourth-order valence-electron chi connectivity index (χ4n) is 1.88. The van der Waals surface area contributed by atoms with Gasteiger partial charge in [-0.2, -0.15) is 0 Å². The molecule has 0 saturated carbocycles. The van der Waals surface area contributed by atoms with Crippen LogP contribution >= 0.6 is 0 Å². The lowest BCUT2D eigenvalue weighted by molar-refractivity contribution is 0.0693. The molecule has 0 spiro atoms. The highest BCUT2D eigenvalue weighted by molar-refractivity contribution is 5.93. The number of hydrogen-bond acceptors (Lipinski definition) is 6. The maximum absolute atomic E-state index is 11.9. The quantitative estimate of drug-likeness (QED) is 0.770. The second kappa shape index (κ2) is 7.23. The molecule has 1 amide bonds. The Morgan fingerprint density at radius 1 is 0.958 bits per heavy atom. The number of amides is 1. The first-order valence-corrected chi connectivity index (χ1v) is 6.71. The van der Waals surface area contributed by atoms with E-state index in [1.165, 1.54) is 38.5 Å². The van der Waals surface area contributed by atoms with Crippen molar-refractivity contribution in [3.05, 3.63) is 42.0 Å². The summed E-state index contributed by atoms with van der Waals surface area (Å²) >= 11 is 0. The summed E-state index contributed by atoms with van der Waals surface area (Å²) in [7, 11) is 2.93. The van der Waals surface area contributed by atoms with Gasteiger partial charge in [0.15, 0.2) is 0 Å². The SMILES string of the molecule is COc1cc(OC)cc(OC(=O)Nc2ccc(C(=O)O)c(O)c2)c1. The van der Waals surface area contributed by atoms with Crippen LogP contribution in [-0.4, -0.2) is 36.5 Å². The summed E-state index contributed by atoms with van der Waals surface area (Å²) in [4.78, 5) is 22.7. The van der Waals surface area contributed by atoms with Gasteiger partial charge in [-0.3, -0.25) is 5.32 Å². The van der Waals surface area contributed by atoms with Crippen molar-refractivity contribution >= 4 is 17.7 Å². The molecule has 0 aliphatic heterocycles. The molecule has 0 fully saturated rings. The number of carbonyl (C=O) groups excluding carboxylic acids is 1. The summed E-state index contributed by atoms with van der Waals surface area (Å²) in [6.07, 6.45) is -0.826. The maximum Gasteiger partial charge on any atom is 0.417 e. The molecular formula is C16H15NO7. The number of carboxylic acid groups (broad SMARTS) is 1. The fraction of sp³-hybridized carbons (Fsp3) is 0.125. The van der Waals surface area contributed by atoms with E-state index in [2.05, 4.69) is 5.32 Å². The zero-order chi connectivity index (χ0) is 17.7. The van der Waals surface area contributed by atoms with Crippen LogP contribution < -0.4 is 19.5 Å². The first-order chi connectivity index (χ1) is 11.4. The Hall–Kier alpha value is -3.42. The van der Waals surface area contributed by atoms with E-state index < -0.39 is 17.8 Å². The number of anilines is 1. The number of hydrogen-bond donors (Lipinski definition) is 3. The van der Waals surface area contributed by atoms with Gasteiger partial charge in [-0.15, -0.1) is 0 Å². The van der Waals surface area contributed by atoms with Crippen molar-refractivity contribution < 1.29 is 34.0 Å². The van der Waals surface area contributed by atoms with Crippen molar-refractivity contribution in [1.29, 1.82) is 0 Å². The molecule has 126 valence electrons. The molecule has 0 saturated heterocycles. The average molecular weight is 333 g/mol. The normalized spacial score (nSPS) is 9.92. The Kier molecular flexibility index (Phi) is 5.10. The Balaban J connectivity index is 2.11. The van der Waals surface area contributed by atoms with Crippen LogP contribution in [-0.2, 0) is 0 Å². The van der Waals surface area contributed by atoms with E-state index in [9.17, 15) is 14.7 Å². The van der Waals surface area contributed by atoms with E-state index in [0.29, 0.717) is 11.5 Å². The molecule has 2 rings (SSSR count). The summed E-state index contributed by atoms with van der Waals surface area (Å²) in [6.45, 7) is 0. The molecule has 0 radical (unpaired) electrons. The van der Waals surface area contributed by atoms with Crippen LogP contribution in [0.1, 0.15) is 10.4 Å². The lowest BCUT2D eigenvalue weighted by Gasteiger charge is -2.10. The molecule has 0 aromatic heterocycles. The zero-order valence-electron chi connectivity index (χ0n) is 12.9. The highest BCUT2D eigenvalue weighted by Gasteiger charge is 2.12. The van der Waals surface area contributed by atoms with Crippen molar-refractivity contribution in [2.45, 2.75) is 0 Å². The lowest BCUT2D eigenvalue weighted by Crippen LogP contribution is -2.16. The predicted octanol–water partition coefficient (Wildman–Crippen LogP) is 2.72. The first kappa shape index (κ1) is 16.9. The molecule has 8 heteroatoms. The number of aromatic hydroxyl groups is 1. The van der Waals surface area contributed by atoms with E-state index in [1.54, 1.807) is 6.07 Å². The van der Waals surface area contributed by atoms with Crippen LogP contribution in [0.25, 0.3) is 0 Å². The second-order valence-corrected chi connectivity index (χ2v) is 4.60. The first-order valence-electron chi connectivity index (χ1n) is 6.71. The molecule has 8 nitrogen and oxygen atoms in total. The minimum atomic E-state index is -1.27. The van der Waals surface area contributed by atoms with Gasteiger partial charge in [0, 0.05) is 30.0 Å². The van der Waals surface area contributed by atoms with E-state index in [1.807, 2.05) is 0 Å². The van der Waals surface area contributed by atoms with Gasteiger partial charge in [0.1, 0.15) is 28.6 Å². The molecule has 0 heterocycles.